The highest BCUT2D eigenvalue weighted by Gasteiger charge is 2.17. The first-order valence-corrected chi connectivity index (χ1v) is 8.40. The number of halogens is 1. The molecule has 0 spiro atoms. The maximum atomic E-state index is 6.16. The van der Waals surface area contributed by atoms with Crippen molar-refractivity contribution in [3.05, 3.63) is 29.2 Å². The molecule has 1 saturated heterocycles. The molecule has 1 aliphatic heterocycles. The Morgan fingerprint density at radius 2 is 2.32 bits per heavy atom. The third kappa shape index (κ3) is 4.12. The van der Waals surface area contributed by atoms with E-state index in [1.54, 1.807) is 7.05 Å². The van der Waals surface area contributed by atoms with Gasteiger partial charge in [-0.3, -0.25) is 0 Å². The Labute approximate surface area is 139 Å². The minimum absolute atomic E-state index is 0.0984. The van der Waals surface area contributed by atoms with E-state index >= 15 is 0 Å². The summed E-state index contributed by atoms with van der Waals surface area (Å²) < 4.78 is 11.4. The van der Waals surface area contributed by atoms with Crippen molar-refractivity contribution < 1.29 is 9.47 Å². The number of rotatable bonds is 5. The highest BCUT2D eigenvalue weighted by Crippen LogP contribution is 2.23. The molecule has 6 nitrogen and oxygen atoms in total. The molecule has 0 aliphatic carbocycles. The number of alkyl halides is 1. The minimum atomic E-state index is 0.0984. The molecule has 0 aromatic carbocycles. The molecular formula is C15H23BrN4O2. The van der Waals surface area contributed by atoms with Crippen molar-refractivity contribution in [3.63, 3.8) is 0 Å². The molecule has 1 aliphatic rings. The van der Waals surface area contributed by atoms with Crippen LogP contribution in [0.4, 0.5) is 0 Å². The van der Waals surface area contributed by atoms with Gasteiger partial charge in [-0.1, -0.05) is 15.9 Å². The summed E-state index contributed by atoms with van der Waals surface area (Å²) in [5, 5.41) is 2.05. The lowest BCUT2D eigenvalue weighted by molar-refractivity contribution is 0.00698. The molecule has 2 heterocycles. The summed E-state index contributed by atoms with van der Waals surface area (Å²) in [4.78, 5) is 4.54. The van der Waals surface area contributed by atoms with Gasteiger partial charge in [0.05, 0.1) is 29.4 Å². The first-order valence-electron chi connectivity index (χ1n) is 7.28. The summed E-state index contributed by atoms with van der Waals surface area (Å²) in [6.45, 7) is 3.37. The molecule has 1 aromatic heterocycles. The topological polar surface area (TPSA) is 86.6 Å². The molecule has 0 amide bonds. The van der Waals surface area contributed by atoms with Gasteiger partial charge in [-0.2, -0.15) is 0 Å². The van der Waals surface area contributed by atoms with E-state index in [4.69, 9.17) is 21.1 Å². The Balaban J connectivity index is 2.18. The molecule has 0 bridgehead atoms. The second kappa shape index (κ2) is 7.80. The second-order valence-corrected chi connectivity index (χ2v) is 5.90. The summed E-state index contributed by atoms with van der Waals surface area (Å²) in [5.41, 5.74) is 8.99. The first-order chi connectivity index (χ1) is 10.5. The molecule has 1 atom stereocenters. The van der Waals surface area contributed by atoms with Gasteiger partial charge in [0, 0.05) is 19.0 Å². The molecule has 2 rings (SSSR count). The van der Waals surface area contributed by atoms with E-state index in [-0.39, 0.29) is 6.10 Å². The zero-order chi connectivity index (χ0) is 16.1. The van der Waals surface area contributed by atoms with Crippen LogP contribution in [0.3, 0.4) is 0 Å². The number of nitrogens with zero attached hydrogens (tertiary/aromatic N) is 2. The van der Waals surface area contributed by atoms with Crippen molar-refractivity contribution in [2.75, 3.05) is 25.6 Å². The molecule has 4 N–H and O–H groups in total. The van der Waals surface area contributed by atoms with Crippen molar-refractivity contribution >= 4 is 21.6 Å². The molecule has 1 aromatic rings. The van der Waals surface area contributed by atoms with Gasteiger partial charge in [-0.25, -0.2) is 10.8 Å². The Bertz CT molecular complexity index is 542. The van der Waals surface area contributed by atoms with Gasteiger partial charge in [-0.15, -0.1) is 0 Å². The van der Waals surface area contributed by atoms with Crippen LogP contribution in [0.25, 0.3) is 5.70 Å². The van der Waals surface area contributed by atoms with Crippen LogP contribution in [-0.4, -0.2) is 41.7 Å². The van der Waals surface area contributed by atoms with E-state index in [9.17, 15) is 0 Å². The lowest BCUT2D eigenvalue weighted by Gasteiger charge is -2.24. The minimum Gasteiger partial charge on any atom is -0.486 e. The van der Waals surface area contributed by atoms with Crippen molar-refractivity contribution in [3.8, 4) is 5.75 Å². The fourth-order valence-electron chi connectivity index (χ4n) is 2.31. The van der Waals surface area contributed by atoms with Gasteiger partial charge in [0.15, 0.2) is 0 Å². The van der Waals surface area contributed by atoms with E-state index in [0.717, 1.165) is 36.6 Å². The van der Waals surface area contributed by atoms with Crippen LogP contribution in [0.1, 0.15) is 24.2 Å². The number of ether oxygens (including phenoxy) is 2. The Hall–Kier alpha value is -1.31. The number of nitrogens with two attached hydrogens (primary N) is 2. The standard InChI is InChI=1S/C15H23BrN4O2/c1-10-14(22-11-4-3-7-21-9-11)6-5-12(19-10)15(17)13(8-16)20(2)18/h5-6,11H,3-4,7-9,17-18H2,1-2H3/b15-13-. The number of hydrazine groups is 1. The van der Waals surface area contributed by atoms with E-state index in [0.29, 0.717) is 23.3 Å². The molecule has 0 saturated carbocycles. The van der Waals surface area contributed by atoms with E-state index in [2.05, 4.69) is 20.9 Å². The lowest BCUT2D eigenvalue weighted by Crippen LogP contribution is -2.29. The van der Waals surface area contributed by atoms with Gasteiger partial charge in [0.2, 0.25) is 0 Å². The lowest BCUT2D eigenvalue weighted by atomic mass is 10.1. The molecule has 0 radical (unpaired) electrons. The average Bonchev–Trinajstić information content (AvgIpc) is 2.50. The number of aromatic nitrogens is 1. The molecule has 1 fully saturated rings. The summed E-state index contributed by atoms with van der Waals surface area (Å²) in [6.07, 6.45) is 2.14. The number of hydrogen-bond acceptors (Lipinski definition) is 6. The van der Waals surface area contributed by atoms with Crippen molar-refractivity contribution in [2.24, 2.45) is 11.6 Å². The van der Waals surface area contributed by atoms with Crippen molar-refractivity contribution in [1.82, 2.24) is 9.99 Å². The zero-order valence-corrected chi connectivity index (χ0v) is 14.6. The van der Waals surface area contributed by atoms with Crippen LogP contribution in [0.5, 0.6) is 5.75 Å². The normalized spacial score (nSPS) is 19.5. The van der Waals surface area contributed by atoms with Crippen LogP contribution < -0.4 is 16.3 Å². The van der Waals surface area contributed by atoms with Crippen LogP contribution in [0.2, 0.25) is 0 Å². The summed E-state index contributed by atoms with van der Waals surface area (Å²) >= 11 is 3.39. The van der Waals surface area contributed by atoms with Crippen molar-refractivity contribution in [1.29, 1.82) is 0 Å². The van der Waals surface area contributed by atoms with Crippen LogP contribution >= 0.6 is 15.9 Å². The second-order valence-electron chi connectivity index (χ2n) is 5.34. The predicted molar refractivity (Wildman–Crippen MR) is 90.3 cm³/mol. The smallest absolute Gasteiger partial charge is 0.141 e. The molecule has 122 valence electrons. The third-order valence-corrected chi connectivity index (χ3v) is 4.12. The van der Waals surface area contributed by atoms with Gasteiger partial charge >= 0.3 is 0 Å². The Kier molecular flexibility index (Phi) is 6.05. The monoisotopic (exact) mass is 370 g/mol. The summed E-state index contributed by atoms with van der Waals surface area (Å²) in [5.74, 6) is 6.55. The van der Waals surface area contributed by atoms with E-state index < -0.39 is 0 Å². The third-order valence-electron chi connectivity index (χ3n) is 3.59. The maximum absolute atomic E-state index is 6.16. The maximum Gasteiger partial charge on any atom is 0.141 e. The van der Waals surface area contributed by atoms with Crippen LogP contribution in [0.15, 0.2) is 17.8 Å². The van der Waals surface area contributed by atoms with Gasteiger partial charge in [0.1, 0.15) is 11.9 Å². The zero-order valence-electron chi connectivity index (χ0n) is 13.0. The molecular weight excluding hydrogens is 348 g/mol. The SMILES string of the molecule is Cc1nc(/C(N)=C(\CBr)N(C)N)ccc1OC1CCCOC1. The number of allylic oxidation sites excluding steroid dienone is 1. The van der Waals surface area contributed by atoms with Crippen LogP contribution in [0, 0.1) is 6.92 Å². The summed E-state index contributed by atoms with van der Waals surface area (Å²) in [6, 6.07) is 3.76. The van der Waals surface area contributed by atoms with Gasteiger partial charge in [0.25, 0.3) is 0 Å². The number of pyridine rings is 1. The van der Waals surface area contributed by atoms with Crippen molar-refractivity contribution in [2.45, 2.75) is 25.9 Å². The quantitative estimate of drug-likeness (QED) is 0.466. The number of aryl methyl sites for hydroxylation is 1. The molecule has 7 heteroatoms. The first kappa shape index (κ1) is 17.1. The van der Waals surface area contributed by atoms with Crippen LogP contribution in [-0.2, 0) is 4.74 Å². The van der Waals surface area contributed by atoms with E-state index in [1.807, 2.05) is 19.1 Å². The highest BCUT2D eigenvalue weighted by molar-refractivity contribution is 9.09. The predicted octanol–water partition coefficient (Wildman–Crippen LogP) is 1.78. The average molecular weight is 371 g/mol. The fraction of sp³-hybridized carbons (Fsp3) is 0.533. The summed E-state index contributed by atoms with van der Waals surface area (Å²) in [7, 11) is 1.75. The highest BCUT2D eigenvalue weighted by atomic mass is 79.9. The largest absolute Gasteiger partial charge is 0.486 e. The number of hydrogen-bond donors (Lipinski definition) is 2. The Morgan fingerprint density at radius 1 is 1.55 bits per heavy atom. The molecule has 22 heavy (non-hydrogen) atoms. The molecule has 1 unspecified atom stereocenters. The van der Waals surface area contributed by atoms with Gasteiger partial charge < -0.3 is 20.2 Å². The Morgan fingerprint density at radius 3 is 2.86 bits per heavy atom. The fourth-order valence-corrected chi connectivity index (χ4v) is 3.01. The van der Waals surface area contributed by atoms with Gasteiger partial charge in [-0.05, 0) is 31.9 Å². The van der Waals surface area contributed by atoms with E-state index in [1.165, 1.54) is 5.01 Å².